The van der Waals surface area contributed by atoms with E-state index < -0.39 is 0 Å². The van der Waals surface area contributed by atoms with E-state index >= 15 is 0 Å². The first kappa shape index (κ1) is 20.4. The van der Waals surface area contributed by atoms with E-state index in [1.54, 1.807) is 4.90 Å². The van der Waals surface area contributed by atoms with Crippen molar-refractivity contribution in [2.24, 2.45) is 0 Å². The fourth-order valence-electron chi connectivity index (χ4n) is 3.51. The van der Waals surface area contributed by atoms with Crippen LogP contribution in [-0.2, 0) is 0 Å². The Morgan fingerprint density at radius 1 is 1.20 bits per heavy atom. The highest BCUT2D eigenvalue weighted by molar-refractivity contribution is 9.10. The number of nitrogens with zero attached hydrogens (tertiary/aromatic N) is 3. The van der Waals surface area contributed by atoms with Crippen LogP contribution in [0.4, 0.5) is 10.5 Å². The smallest absolute Gasteiger partial charge is 0.322 e. The normalized spacial score (nSPS) is 16.3. The summed E-state index contributed by atoms with van der Waals surface area (Å²) >= 11 is 3.43. The van der Waals surface area contributed by atoms with Crippen LogP contribution in [0.3, 0.4) is 0 Å². The summed E-state index contributed by atoms with van der Waals surface area (Å²) in [5.74, 6) is 1.77. The van der Waals surface area contributed by atoms with E-state index in [1.807, 2.05) is 55.5 Å². The quantitative estimate of drug-likeness (QED) is 0.520. The second kappa shape index (κ2) is 9.30. The molecule has 1 aromatic heterocycles. The van der Waals surface area contributed by atoms with Gasteiger partial charge in [-0.1, -0.05) is 21.1 Å². The summed E-state index contributed by atoms with van der Waals surface area (Å²) in [4.78, 5) is 19.3. The number of ether oxygens (including phenoxy) is 1. The predicted octanol–water partition coefficient (Wildman–Crippen LogP) is 5.66. The molecule has 1 aliphatic rings. The van der Waals surface area contributed by atoms with E-state index in [0.717, 1.165) is 35.0 Å². The molecule has 2 aromatic carbocycles. The van der Waals surface area contributed by atoms with Crippen LogP contribution in [-0.4, -0.2) is 34.2 Å². The molecule has 7 nitrogen and oxygen atoms in total. The Balaban J connectivity index is 1.48. The summed E-state index contributed by atoms with van der Waals surface area (Å²) in [6.07, 6.45) is 2.74. The van der Waals surface area contributed by atoms with Crippen molar-refractivity contribution in [1.82, 2.24) is 15.0 Å². The number of anilines is 1. The molecule has 4 rings (SSSR count). The van der Waals surface area contributed by atoms with Gasteiger partial charge < -0.3 is 19.5 Å². The Labute approximate surface area is 183 Å². The van der Waals surface area contributed by atoms with Gasteiger partial charge >= 0.3 is 6.03 Å². The molecular formula is C22H23BrN4O3. The summed E-state index contributed by atoms with van der Waals surface area (Å²) in [5, 5.41) is 7.08. The number of hydrogen-bond acceptors (Lipinski definition) is 5. The number of carbonyl (C=O) groups excluding carboxylic acids is 1. The molecule has 0 spiro atoms. The fraction of sp³-hybridized carbons (Fsp3) is 0.318. The number of urea groups is 1. The maximum absolute atomic E-state index is 13.0. The minimum atomic E-state index is -0.238. The Morgan fingerprint density at radius 3 is 2.70 bits per heavy atom. The van der Waals surface area contributed by atoms with Crippen molar-refractivity contribution >= 4 is 27.6 Å². The number of hydrogen-bond donors (Lipinski definition) is 1. The highest BCUT2D eigenvalue weighted by Crippen LogP contribution is 2.32. The summed E-state index contributed by atoms with van der Waals surface area (Å²) in [7, 11) is 0. The second-order valence-corrected chi connectivity index (χ2v) is 7.97. The molecule has 0 radical (unpaired) electrons. The van der Waals surface area contributed by atoms with Crippen molar-refractivity contribution in [2.45, 2.75) is 32.2 Å². The summed E-state index contributed by atoms with van der Waals surface area (Å²) < 4.78 is 12.0. The molecule has 0 aliphatic carbocycles. The number of halogens is 1. The molecule has 1 unspecified atom stereocenters. The molecule has 0 saturated carbocycles. The van der Waals surface area contributed by atoms with Crippen molar-refractivity contribution in [3.63, 3.8) is 0 Å². The standard InChI is InChI=1S/C22H23BrN4O3/c1-2-29-18-12-10-17(11-13-18)24-22(28)27-14-4-3-5-19(27)21-25-20(26-30-21)15-6-8-16(23)9-7-15/h6-13,19H,2-5,14H2,1H3,(H,24,28). The number of likely N-dealkylation sites (tertiary alicyclic amines) is 1. The van der Waals surface area contributed by atoms with Crippen LogP contribution >= 0.6 is 15.9 Å². The zero-order valence-corrected chi connectivity index (χ0v) is 18.3. The van der Waals surface area contributed by atoms with Gasteiger partial charge in [0.05, 0.1) is 6.61 Å². The average molecular weight is 471 g/mol. The van der Waals surface area contributed by atoms with Crippen molar-refractivity contribution in [1.29, 1.82) is 0 Å². The van der Waals surface area contributed by atoms with E-state index in [9.17, 15) is 4.79 Å². The minimum Gasteiger partial charge on any atom is -0.494 e. The van der Waals surface area contributed by atoms with Gasteiger partial charge in [0.1, 0.15) is 11.8 Å². The molecule has 1 aliphatic heterocycles. The maximum Gasteiger partial charge on any atom is 0.322 e. The first-order valence-corrected chi connectivity index (χ1v) is 10.8. The molecular weight excluding hydrogens is 448 g/mol. The van der Waals surface area contributed by atoms with Gasteiger partial charge in [-0.3, -0.25) is 0 Å². The van der Waals surface area contributed by atoms with Gasteiger partial charge in [-0.2, -0.15) is 4.98 Å². The Kier molecular flexibility index (Phi) is 6.32. The largest absolute Gasteiger partial charge is 0.494 e. The lowest BCUT2D eigenvalue weighted by atomic mass is 10.0. The zero-order chi connectivity index (χ0) is 20.9. The number of benzene rings is 2. The van der Waals surface area contributed by atoms with Gasteiger partial charge in [-0.05, 0) is 74.7 Å². The second-order valence-electron chi connectivity index (χ2n) is 7.06. The van der Waals surface area contributed by atoms with E-state index in [2.05, 4.69) is 31.4 Å². The van der Waals surface area contributed by atoms with Crippen LogP contribution in [0.5, 0.6) is 5.75 Å². The van der Waals surface area contributed by atoms with Gasteiger partial charge in [0.25, 0.3) is 0 Å². The molecule has 1 fully saturated rings. The first-order chi connectivity index (χ1) is 14.6. The van der Waals surface area contributed by atoms with Gasteiger partial charge in [-0.15, -0.1) is 0 Å². The third kappa shape index (κ3) is 4.64. The molecule has 2 amide bonds. The van der Waals surface area contributed by atoms with Crippen LogP contribution in [0.1, 0.15) is 38.1 Å². The Hall–Kier alpha value is -2.87. The number of nitrogens with one attached hydrogen (secondary N) is 1. The van der Waals surface area contributed by atoms with Crippen LogP contribution in [0.25, 0.3) is 11.4 Å². The van der Waals surface area contributed by atoms with Crippen LogP contribution in [0.15, 0.2) is 57.5 Å². The number of carbonyl (C=O) groups is 1. The third-order valence-electron chi connectivity index (χ3n) is 5.01. The molecule has 1 atom stereocenters. The highest BCUT2D eigenvalue weighted by atomic mass is 79.9. The fourth-order valence-corrected chi connectivity index (χ4v) is 3.78. The van der Waals surface area contributed by atoms with Gasteiger partial charge in [0, 0.05) is 22.3 Å². The molecule has 1 N–H and O–H groups in total. The van der Waals surface area contributed by atoms with Gasteiger partial charge in [-0.25, -0.2) is 4.79 Å². The van der Waals surface area contributed by atoms with Crippen molar-refractivity contribution in [3.8, 4) is 17.1 Å². The number of aromatic nitrogens is 2. The number of amides is 2. The molecule has 8 heteroatoms. The lowest BCUT2D eigenvalue weighted by Gasteiger charge is -2.33. The van der Waals surface area contributed by atoms with Crippen LogP contribution < -0.4 is 10.1 Å². The SMILES string of the molecule is CCOc1ccc(NC(=O)N2CCCCC2c2nc(-c3ccc(Br)cc3)no2)cc1. The van der Waals surface area contributed by atoms with Crippen molar-refractivity contribution in [3.05, 3.63) is 58.9 Å². The average Bonchev–Trinajstić information content (AvgIpc) is 3.26. The van der Waals surface area contributed by atoms with Crippen LogP contribution in [0.2, 0.25) is 0 Å². The van der Waals surface area contributed by atoms with E-state index in [1.165, 1.54) is 0 Å². The molecule has 156 valence electrons. The lowest BCUT2D eigenvalue weighted by Crippen LogP contribution is -2.41. The number of piperidine rings is 1. The lowest BCUT2D eigenvalue weighted by molar-refractivity contribution is 0.142. The summed E-state index contributed by atoms with van der Waals surface area (Å²) in [6, 6.07) is 14.7. The zero-order valence-electron chi connectivity index (χ0n) is 16.7. The highest BCUT2D eigenvalue weighted by Gasteiger charge is 2.32. The molecule has 3 aromatic rings. The topological polar surface area (TPSA) is 80.5 Å². The predicted molar refractivity (Wildman–Crippen MR) is 117 cm³/mol. The molecule has 2 heterocycles. The third-order valence-corrected chi connectivity index (χ3v) is 5.54. The van der Waals surface area contributed by atoms with Crippen molar-refractivity contribution < 1.29 is 14.1 Å². The number of rotatable bonds is 5. The van der Waals surface area contributed by atoms with E-state index in [0.29, 0.717) is 30.6 Å². The van der Waals surface area contributed by atoms with Crippen LogP contribution in [0, 0.1) is 0 Å². The van der Waals surface area contributed by atoms with Gasteiger partial charge in [0.2, 0.25) is 11.7 Å². The minimum absolute atomic E-state index is 0.174. The van der Waals surface area contributed by atoms with E-state index in [-0.39, 0.29) is 12.1 Å². The Morgan fingerprint density at radius 2 is 1.97 bits per heavy atom. The monoisotopic (exact) mass is 470 g/mol. The van der Waals surface area contributed by atoms with Gasteiger partial charge in [0.15, 0.2) is 0 Å². The van der Waals surface area contributed by atoms with Crippen molar-refractivity contribution in [2.75, 3.05) is 18.5 Å². The molecule has 30 heavy (non-hydrogen) atoms. The van der Waals surface area contributed by atoms with E-state index in [4.69, 9.17) is 9.26 Å². The summed E-state index contributed by atoms with van der Waals surface area (Å²) in [5.41, 5.74) is 1.59. The molecule has 1 saturated heterocycles. The molecule has 0 bridgehead atoms. The maximum atomic E-state index is 13.0. The Bertz CT molecular complexity index is 988. The first-order valence-electron chi connectivity index (χ1n) is 10.0. The summed E-state index contributed by atoms with van der Waals surface area (Å²) in [6.45, 7) is 3.18.